The lowest BCUT2D eigenvalue weighted by atomic mass is 9.95. The molecule has 1 atom stereocenters. The molecule has 194 valence electrons. The van der Waals surface area contributed by atoms with E-state index in [9.17, 15) is 19.1 Å². The summed E-state index contributed by atoms with van der Waals surface area (Å²) in [6, 6.07) is 10.0. The predicted octanol–water partition coefficient (Wildman–Crippen LogP) is 7.13. The van der Waals surface area contributed by atoms with E-state index in [1.807, 2.05) is 0 Å². The summed E-state index contributed by atoms with van der Waals surface area (Å²) in [4.78, 5) is 32.9. The van der Waals surface area contributed by atoms with Gasteiger partial charge in [-0.15, -0.1) is 21.5 Å². The van der Waals surface area contributed by atoms with Crippen molar-refractivity contribution >= 4 is 74.5 Å². The van der Waals surface area contributed by atoms with Crippen LogP contribution in [0.2, 0.25) is 10.0 Å². The van der Waals surface area contributed by atoms with E-state index in [0.717, 1.165) is 11.3 Å². The first-order valence-electron chi connectivity index (χ1n) is 11.1. The molecule has 2 aromatic carbocycles. The first kappa shape index (κ1) is 26.8. The van der Waals surface area contributed by atoms with Crippen molar-refractivity contribution in [2.45, 2.75) is 30.0 Å². The van der Waals surface area contributed by atoms with Gasteiger partial charge in [-0.1, -0.05) is 70.6 Å². The van der Waals surface area contributed by atoms with Crippen LogP contribution in [0.4, 0.5) is 9.52 Å². The molecule has 1 amide bonds. The summed E-state index contributed by atoms with van der Waals surface area (Å²) < 4.78 is 14.5. The first-order chi connectivity index (χ1) is 18.2. The monoisotopic (exact) mass is 606 g/mol. The van der Waals surface area contributed by atoms with Gasteiger partial charge in [0.1, 0.15) is 5.82 Å². The number of halogens is 3. The molecule has 13 heteroatoms. The summed E-state index contributed by atoms with van der Waals surface area (Å²) in [5.74, 6) is -2.07. The zero-order valence-corrected chi connectivity index (χ0v) is 23.7. The minimum Gasteiger partial charge on any atom is -0.503 e. The van der Waals surface area contributed by atoms with Gasteiger partial charge in [-0.05, 0) is 43.2 Å². The van der Waals surface area contributed by atoms with E-state index >= 15 is 0 Å². The van der Waals surface area contributed by atoms with Gasteiger partial charge in [0, 0.05) is 15.8 Å². The van der Waals surface area contributed by atoms with Crippen molar-refractivity contribution in [3.8, 4) is 0 Å². The van der Waals surface area contributed by atoms with Crippen LogP contribution in [0.1, 0.15) is 37.5 Å². The van der Waals surface area contributed by atoms with Gasteiger partial charge in [0.05, 0.1) is 27.2 Å². The quantitative estimate of drug-likeness (QED) is 0.136. The number of thiazole rings is 1. The summed E-state index contributed by atoms with van der Waals surface area (Å²) in [6.07, 6.45) is 0. The van der Waals surface area contributed by atoms with E-state index in [1.165, 1.54) is 40.1 Å². The maximum Gasteiger partial charge on any atom is 0.296 e. The van der Waals surface area contributed by atoms with Crippen LogP contribution in [0.5, 0.6) is 0 Å². The number of benzene rings is 2. The molecule has 1 aliphatic rings. The number of aryl methyl sites for hydroxylation is 2. The molecule has 1 unspecified atom stereocenters. The van der Waals surface area contributed by atoms with Crippen LogP contribution in [0, 0.1) is 19.7 Å². The van der Waals surface area contributed by atoms with Gasteiger partial charge in [-0.25, -0.2) is 9.37 Å². The van der Waals surface area contributed by atoms with Gasteiger partial charge in [-0.3, -0.25) is 14.5 Å². The molecule has 2 aromatic heterocycles. The summed E-state index contributed by atoms with van der Waals surface area (Å²) in [5, 5.41) is 20.7. The molecule has 0 radical (unpaired) electrons. The largest absolute Gasteiger partial charge is 0.503 e. The molecule has 4 aromatic rings. The van der Waals surface area contributed by atoms with Crippen molar-refractivity contribution in [1.82, 2.24) is 15.2 Å². The Morgan fingerprint density at radius 3 is 2.61 bits per heavy atom. The molecule has 0 saturated heterocycles. The lowest BCUT2D eigenvalue weighted by molar-refractivity contribution is -0.117. The molecule has 38 heavy (non-hydrogen) atoms. The molecule has 5 rings (SSSR count). The zero-order valence-electron chi connectivity index (χ0n) is 19.7. The second kappa shape index (κ2) is 10.7. The van der Waals surface area contributed by atoms with Crippen LogP contribution in [0.3, 0.4) is 0 Å². The highest BCUT2D eigenvalue weighted by Gasteiger charge is 2.47. The minimum atomic E-state index is -1.08. The average Bonchev–Trinajstić information content (AvgIpc) is 3.54. The Morgan fingerprint density at radius 2 is 1.92 bits per heavy atom. The lowest BCUT2D eigenvalue weighted by Gasteiger charge is -2.24. The van der Waals surface area contributed by atoms with Crippen LogP contribution < -0.4 is 4.90 Å². The van der Waals surface area contributed by atoms with Crippen molar-refractivity contribution in [1.29, 1.82) is 0 Å². The van der Waals surface area contributed by atoms with E-state index in [0.29, 0.717) is 41.8 Å². The number of hydrogen-bond donors (Lipinski definition) is 1. The normalized spacial score (nSPS) is 15.6. The number of anilines is 1. The SMILES string of the molecule is Cc1nc(C)c(C(=O)C2=C(O)C(=O)N(c3nnc(SCc4ccccc4F)s3)C2c2ccc(Cl)cc2Cl)s1. The van der Waals surface area contributed by atoms with E-state index in [1.54, 1.807) is 44.2 Å². The minimum absolute atomic E-state index is 0.137. The first-order valence-corrected chi connectivity index (χ1v) is 14.4. The third kappa shape index (κ3) is 4.96. The topological polar surface area (TPSA) is 96.3 Å². The Hall–Kier alpha value is -2.83. The highest BCUT2D eigenvalue weighted by Crippen LogP contribution is 2.46. The molecule has 0 bridgehead atoms. The second-order valence-electron chi connectivity index (χ2n) is 8.21. The van der Waals surface area contributed by atoms with Gasteiger partial charge in [0.2, 0.25) is 10.9 Å². The van der Waals surface area contributed by atoms with Crippen molar-refractivity contribution in [3.05, 3.63) is 96.4 Å². The van der Waals surface area contributed by atoms with Crippen molar-refractivity contribution in [2.75, 3.05) is 4.90 Å². The van der Waals surface area contributed by atoms with E-state index in [4.69, 9.17) is 23.2 Å². The Balaban J connectivity index is 1.54. The third-order valence-electron chi connectivity index (χ3n) is 5.73. The summed E-state index contributed by atoms with van der Waals surface area (Å²) in [6.45, 7) is 3.46. The number of nitrogens with zero attached hydrogens (tertiary/aromatic N) is 4. The molecular formula is C25H17Cl2FN4O3S3. The molecule has 0 saturated carbocycles. The number of amides is 1. The van der Waals surface area contributed by atoms with Crippen LogP contribution in [-0.4, -0.2) is 32.0 Å². The highest BCUT2D eigenvalue weighted by molar-refractivity contribution is 8.00. The van der Waals surface area contributed by atoms with Crippen molar-refractivity contribution in [2.24, 2.45) is 0 Å². The number of aliphatic hydroxyl groups is 1. The van der Waals surface area contributed by atoms with Crippen molar-refractivity contribution in [3.63, 3.8) is 0 Å². The Morgan fingerprint density at radius 1 is 1.16 bits per heavy atom. The molecule has 0 aliphatic carbocycles. The Labute approximate surface area is 239 Å². The third-order valence-corrected chi connectivity index (χ3v) is 9.47. The van der Waals surface area contributed by atoms with E-state index in [2.05, 4.69) is 15.2 Å². The Kier molecular flexibility index (Phi) is 7.56. The fraction of sp³-hybridized carbons (Fsp3) is 0.160. The Bertz CT molecular complexity index is 1620. The van der Waals surface area contributed by atoms with Crippen molar-refractivity contribution < 1.29 is 19.1 Å². The van der Waals surface area contributed by atoms with E-state index in [-0.39, 0.29) is 21.5 Å². The standard InChI is InChI=1S/C25H17Cl2FN4O3S3/c1-11-22(37-12(2)29-11)20(33)18-19(15-8-7-14(26)9-16(15)27)32(23(35)21(18)34)24-30-31-25(38-24)36-10-13-5-3-4-6-17(13)28/h3-9,19,34H,10H2,1-2H3. The van der Waals surface area contributed by atoms with E-state index < -0.39 is 23.5 Å². The molecule has 1 N–H and O–H groups in total. The number of carbonyl (C=O) groups is 2. The maximum atomic E-state index is 14.0. The molecular weight excluding hydrogens is 590 g/mol. The fourth-order valence-corrected chi connectivity index (χ4v) is 7.27. The maximum absolute atomic E-state index is 14.0. The lowest BCUT2D eigenvalue weighted by Crippen LogP contribution is -2.31. The number of thioether (sulfide) groups is 1. The fourth-order valence-electron chi connectivity index (χ4n) is 4.03. The average molecular weight is 608 g/mol. The van der Waals surface area contributed by atoms with Gasteiger partial charge in [-0.2, -0.15) is 0 Å². The smallest absolute Gasteiger partial charge is 0.296 e. The summed E-state index contributed by atoms with van der Waals surface area (Å²) in [5.41, 5.74) is 1.24. The molecule has 0 spiro atoms. The van der Waals surface area contributed by atoms with Crippen LogP contribution in [0.15, 0.2) is 58.1 Å². The van der Waals surface area contributed by atoms with Gasteiger partial charge >= 0.3 is 0 Å². The number of hydrogen-bond acceptors (Lipinski definition) is 9. The molecule has 3 heterocycles. The number of rotatable bonds is 7. The number of ketones is 1. The number of carbonyl (C=O) groups excluding carboxylic acids is 2. The van der Waals surface area contributed by atoms with Gasteiger partial charge < -0.3 is 5.11 Å². The van der Waals surface area contributed by atoms with Crippen LogP contribution in [-0.2, 0) is 10.5 Å². The van der Waals surface area contributed by atoms with Gasteiger partial charge in [0.15, 0.2) is 10.1 Å². The van der Waals surface area contributed by atoms with Crippen LogP contribution >= 0.6 is 57.6 Å². The molecule has 1 aliphatic heterocycles. The highest BCUT2D eigenvalue weighted by atomic mass is 35.5. The number of aromatic nitrogens is 3. The second-order valence-corrected chi connectivity index (χ2v) is 12.4. The predicted molar refractivity (Wildman–Crippen MR) is 148 cm³/mol. The summed E-state index contributed by atoms with van der Waals surface area (Å²) in [7, 11) is 0. The number of Topliss-reactive ketones (excluding diaryl/α,β-unsaturated/α-hetero) is 1. The van der Waals surface area contributed by atoms with Gasteiger partial charge in [0.25, 0.3) is 5.91 Å². The van der Waals surface area contributed by atoms with Crippen LogP contribution in [0.25, 0.3) is 0 Å². The molecule has 0 fully saturated rings. The number of aliphatic hydroxyl groups excluding tert-OH is 1. The zero-order chi connectivity index (χ0) is 27.1. The summed E-state index contributed by atoms with van der Waals surface area (Å²) >= 11 is 16.1. The molecule has 7 nitrogen and oxygen atoms in total.